The van der Waals surface area contributed by atoms with Gasteiger partial charge in [0.05, 0.1) is 19.8 Å². The van der Waals surface area contributed by atoms with Crippen molar-refractivity contribution < 1.29 is 24.6 Å². The average Bonchev–Trinajstić information content (AvgIpc) is 2.81. The van der Waals surface area contributed by atoms with Gasteiger partial charge in [-0.3, -0.25) is 29.1 Å². The first-order valence-electron chi connectivity index (χ1n) is 12.0. The van der Waals surface area contributed by atoms with Gasteiger partial charge in [-0.05, 0) is 30.8 Å². The molecule has 0 spiro atoms. The van der Waals surface area contributed by atoms with Crippen LogP contribution in [0.2, 0.25) is 0 Å². The number of likely N-dealkylation sites (N-methyl/N-ethyl adjacent to an activating group) is 1. The summed E-state index contributed by atoms with van der Waals surface area (Å²) in [5.41, 5.74) is 1.64. The van der Waals surface area contributed by atoms with E-state index >= 15 is 0 Å². The Labute approximate surface area is 202 Å². The highest BCUT2D eigenvalue weighted by Crippen LogP contribution is 2.11. The maximum atomic E-state index is 11.8. The molecule has 10 heteroatoms. The van der Waals surface area contributed by atoms with E-state index < -0.39 is 11.9 Å². The molecule has 2 rings (SSSR count). The standard InChI is InChI=1S/C24H39N5O5/c1-3-22(30)20-5-7-21(8-6-20)25-19-29-15-10-26(4-2)9-11-27(17-23(31)32)12-13-28(14-16-29)18-24(33)34/h5-8,25H,3-4,9-19H2,1-2H3,(H,31,32)(H,33,34). The summed E-state index contributed by atoms with van der Waals surface area (Å²) in [5.74, 6) is -1.64. The fourth-order valence-electron chi connectivity index (χ4n) is 3.93. The van der Waals surface area contributed by atoms with Gasteiger partial charge in [-0.2, -0.15) is 0 Å². The van der Waals surface area contributed by atoms with E-state index in [-0.39, 0.29) is 18.9 Å². The van der Waals surface area contributed by atoms with Gasteiger partial charge in [-0.25, -0.2) is 0 Å². The fourth-order valence-corrected chi connectivity index (χ4v) is 3.93. The van der Waals surface area contributed by atoms with Crippen molar-refractivity contribution in [3.8, 4) is 0 Å². The predicted octanol–water partition coefficient (Wildman–Crippen LogP) is 1.06. The van der Waals surface area contributed by atoms with Crippen molar-refractivity contribution in [3.63, 3.8) is 0 Å². The largest absolute Gasteiger partial charge is 0.480 e. The molecule has 1 aliphatic heterocycles. The molecule has 0 radical (unpaired) electrons. The lowest BCUT2D eigenvalue weighted by molar-refractivity contribution is -0.140. The lowest BCUT2D eigenvalue weighted by Gasteiger charge is -2.33. The second kappa shape index (κ2) is 14.7. The number of carbonyl (C=O) groups is 3. The highest BCUT2D eigenvalue weighted by atomic mass is 16.4. The van der Waals surface area contributed by atoms with Crippen LogP contribution in [0.4, 0.5) is 5.69 Å². The van der Waals surface area contributed by atoms with Gasteiger partial charge in [0.25, 0.3) is 0 Å². The number of carboxylic acids is 2. The van der Waals surface area contributed by atoms with Crippen LogP contribution in [0.25, 0.3) is 0 Å². The van der Waals surface area contributed by atoms with Crippen LogP contribution >= 0.6 is 0 Å². The molecule has 0 unspecified atom stereocenters. The Bertz CT molecular complexity index is 788. The zero-order chi connectivity index (χ0) is 24.9. The number of carbonyl (C=O) groups excluding carboxylic acids is 1. The second-order valence-electron chi connectivity index (χ2n) is 8.58. The van der Waals surface area contributed by atoms with Crippen LogP contribution in [-0.2, 0) is 9.59 Å². The molecule has 1 fully saturated rings. The SMILES string of the molecule is CCC(=O)c1ccc(NCN2CCN(CC)CCN(CC(=O)O)CCN(CC(=O)O)CC2)cc1. The Morgan fingerprint density at radius 1 is 0.735 bits per heavy atom. The molecule has 0 aliphatic carbocycles. The third-order valence-corrected chi connectivity index (χ3v) is 6.13. The van der Waals surface area contributed by atoms with Gasteiger partial charge in [0.1, 0.15) is 0 Å². The van der Waals surface area contributed by atoms with Crippen LogP contribution in [0.15, 0.2) is 24.3 Å². The third kappa shape index (κ3) is 10.2. The predicted molar refractivity (Wildman–Crippen MR) is 131 cm³/mol. The summed E-state index contributed by atoms with van der Waals surface area (Å²) in [6, 6.07) is 7.48. The highest BCUT2D eigenvalue weighted by Gasteiger charge is 2.18. The summed E-state index contributed by atoms with van der Waals surface area (Å²) in [5, 5.41) is 22.0. The monoisotopic (exact) mass is 477 g/mol. The Kier molecular flexibility index (Phi) is 12.0. The van der Waals surface area contributed by atoms with E-state index in [1.807, 2.05) is 41.0 Å². The molecule has 3 N–H and O–H groups in total. The number of carboxylic acid groups (broad SMARTS) is 2. The maximum absolute atomic E-state index is 11.8. The first-order chi connectivity index (χ1) is 16.3. The second-order valence-corrected chi connectivity index (χ2v) is 8.58. The minimum Gasteiger partial charge on any atom is -0.480 e. The zero-order valence-corrected chi connectivity index (χ0v) is 20.4. The van der Waals surface area contributed by atoms with E-state index in [4.69, 9.17) is 0 Å². The molecule has 0 aromatic heterocycles. The molecule has 1 saturated heterocycles. The smallest absolute Gasteiger partial charge is 0.317 e. The number of nitrogens with zero attached hydrogens (tertiary/aromatic N) is 4. The summed E-state index contributed by atoms with van der Waals surface area (Å²) in [4.78, 5) is 42.8. The lowest BCUT2D eigenvalue weighted by Crippen LogP contribution is -2.48. The first-order valence-corrected chi connectivity index (χ1v) is 12.0. The topological polar surface area (TPSA) is 117 Å². The molecular weight excluding hydrogens is 438 g/mol. The van der Waals surface area contributed by atoms with Crippen LogP contribution in [-0.4, -0.2) is 126 Å². The van der Waals surface area contributed by atoms with Crippen molar-refractivity contribution in [1.82, 2.24) is 19.6 Å². The Morgan fingerprint density at radius 2 is 1.18 bits per heavy atom. The minimum atomic E-state index is -0.888. The van der Waals surface area contributed by atoms with Crippen molar-refractivity contribution in [1.29, 1.82) is 0 Å². The zero-order valence-electron chi connectivity index (χ0n) is 20.4. The van der Waals surface area contributed by atoms with Crippen LogP contribution in [0.1, 0.15) is 30.6 Å². The van der Waals surface area contributed by atoms with E-state index in [0.717, 1.165) is 31.9 Å². The molecule has 1 aromatic carbocycles. The number of rotatable bonds is 10. The van der Waals surface area contributed by atoms with E-state index in [9.17, 15) is 24.6 Å². The summed E-state index contributed by atoms with van der Waals surface area (Å²) < 4.78 is 0. The van der Waals surface area contributed by atoms with Gasteiger partial charge in [0.15, 0.2) is 5.78 Å². The van der Waals surface area contributed by atoms with Crippen molar-refractivity contribution in [2.24, 2.45) is 0 Å². The molecular formula is C24H39N5O5. The Morgan fingerprint density at radius 3 is 1.59 bits per heavy atom. The minimum absolute atomic E-state index is 0.0445. The van der Waals surface area contributed by atoms with Gasteiger partial charge >= 0.3 is 11.9 Å². The Balaban J connectivity index is 2.04. The molecule has 1 heterocycles. The van der Waals surface area contributed by atoms with Crippen molar-refractivity contribution in [3.05, 3.63) is 29.8 Å². The van der Waals surface area contributed by atoms with Crippen LogP contribution < -0.4 is 5.32 Å². The van der Waals surface area contributed by atoms with Crippen molar-refractivity contribution >= 4 is 23.4 Å². The van der Waals surface area contributed by atoms with E-state index in [1.165, 1.54) is 0 Å². The molecule has 0 atom stereocenters. The van der Waals surface area contributed by atoms with Crippen LogP contribution in [0, 0.1) is 0 Å². The molecule has 190 valence electrons. The number of benzene rings is 1. The molecule has 0 amide bonds. The van der Waals surface area contributed by atoms with Crippen molar-refractivity contribution in [2.45, 2.75) is 20.3 Å². The quantitative estimate of drug-likeness (QED) is 0.422. The molecule has 10 nitrogen and oxygen atoms in total. The van der Waals surface area contributed by atoms with E-state index in [1.54, 1.807) is 0 Å². The fraction of sp³-hybridized carbons (Fsp3) is 0.625. The maximum Gasteiger partial charge on any atom is 0.317 e. The number of ketones is 1. The summed E-state index contributed by atoms with van der Waals surface area (Å²) >= 11 is 0. The molecule has 1 aromatic rings. The number of Topliss-reactive ketones (excluding diaryl/α,β-unsaturated/α-hetero) is 1. The van der Waals surface area contributed by atoms with Gasteiger partial charge in [-0.15, -0.1) is 0 Å². The Hall–Kier alpha value is -2.53. The van der Waals surface area contributed by atoms with Gasteiger partial charge < -0.3 is 20.4 Å². The van der Waals surface area contributed by atoms with Crippen LogP contribution in [0.3, 0.4) is 0 Å². The van der Waals surface area contributed by atoms with E-state index in [0.29, 0.717) is 51.4 Å². The summed E-state index contributed by atoms with van der Waals surface area (Å²) in [7, 11) is 0. The number of aliphatic carboxylic acids is 2. The summed E-state index contributed by atoms with van der Waals surface area (Å²) in [6.07, 6.45) is 0.482. The third-order valence-electron chi connectivity index (χ3n) is 6.13. The first kappa shape index (κ1) is 27.7. The van der Waals surface area contributed by atoms with Crippen molar-refractivity contribution in [2.75, 3.05) is 84.0 Å². The normalized spacial score (nSPS) is 18.1. The average molecular weight is 478 g/mol. The molecule has 1 aliphatic rings. The lowest BCUT2D eigenvalue weighted by atomic mass is 10.1. The highest BCUT2D eigenvalue weighted by molar-refractivity contribution is 5.96. The molecule has 34 heavy (non-hydrogen) atoms. The number of nitrogens with one attached hydrogen (secondary N) is 1. The van der Waals surface area contributed by atoms with Crippen LogP contribution in [0.5, 0.6) is 0 Å². The summed E-state index contributed by atoms with van der Waals surface area (Å²) in [6.45, 7) is 10.6. The van der Waals surface area contributed by atoms with Gasteiger partial charge in [-0.1, -0.05) is 13.8 Å². The molecule has 0 bridgehead atoms. The van der Waals surface area contributed by atoms with Gasteiger partial charge in [0.2, 0.25) is 0 Å². The van der Waals surface area contributed by atoms with E-state index in [2.05, 4.69) is 22.0 Å². The number of anilines is 1. The molecule has 0 saturated carbocycles. The van der Waals surface area contributed by atoms with Gasteiger partial charge in [0, 0.05) is 70.0 Å². The number of hydrogen-bond acceptors (Lipinski definition) is 8. The number of hydrogen-bond donors (Lipinski definition) is 3.